The third kappa shape index (κ3) is 8.34. The van der Waals surface area contributed by atoms with Crippen LogP contribution in [-0.2, 0) is 38.3 Å². The summed E-state index contributed by atoms with van der Waals surface area (Å²) in [6, 6.07) is 23.1. The Morgan fingerprint density at radius 2 is 1.37 bits per heavy atom. The van der Waals surface area contributed by atoms with Crippen molar-refractivity contribution < 1.29 is 68.4 Å². The van der Waals surface area contributed by atoms with Crippen LogP contribution in [0.5, 0.6) is 0 Å². The SMILES string of the molecule is CC(=O)O[C@H]1C(=O)[C@@]2(C)C([C@@H](OC(C)=O)[C@H](OO)C[C@@H]2O)[C@H](OC(=O)c2ccccc2)[C@]2(O)CC(CC(=O)C(O)[C@@H](NC(=O)c3ccccc3)c3ccccc3)C(C)=C1C2(C)C. The summed E-state index contributed by atoms with van der Waals surface area (Å²) in [5.41, 5.74) is -5.01. The second-order valence-corrected chi connectivity index (χ2v) is 17.2. The first kappa shape index (κ1) is 45.9. The van der Waals surface area contributed by atoms with Crippen molar-refractivity contribution in [2.45, 2.75) is 109 Å². The Kier molecular flexibility index (Phi) is 13.4. The van der Waals surface area contributed by atoms with E-state index in [1.165, 1.54) is 19.1 Å². The predicted octanol–water partition coefficient (Wildman–Crippen LogP) is 4.49. The van der Waals surface area contributed by atoms with Gasteiger partial charge in [-0.05, 0) is 61.6 Å². The van der Waals surface area contributed by atoms with Crippen molar-refractivity contribution in [3.05, 3.63) is 119 Å². The maximum atomic E-state index is 15.4. The monoisotopic (exact) mass is 855 g/mol. The van der Waals surface area contributed by atoms with E-state index in [9.17, 15) is 44.5 Å². The van der Waals surface area contributed by atoms with Gasteiger partial charge in [0.05, 0.1) is 29.0 Å². The van der Waals surface area contributed by atoms with Crippen molar-refractivity contribution in [1.29, 1.82) is 0 Å². The number of benzene rings is 3. The molecule has 62 heavy (non-hydrogen) atoms. The first-order valence-corrected chi connectivity index (χ1v) is 20.5. The Morgan fingerprint density at radius 3 is 1.92 bits per heavy atom. The van der Waals surface area contributed by atoms with Gasteiger partial charge in [-0.3, -0.25) is 29.2 Å². The Labute approximate surface area is 359 Å². The zero-order valence-corrected chi connectivity index (χ0v) is 35.3. The maximum absolute atomic E-state index is 15.4. The number of amides is 1. The Balaban J connectivity index is 1.53. The summed E-state index contributed by atoms with van der Waals surface area (Å²) >= 11 is 0. The minimum atomic E-state index is -2.36. The number of ketones is 2. The van der Waals surface area contributed by atoms with Crippen LogP contribution in [-0.4, -0.2) is 98.2 Å². The lowest BCUT2D eigenvalue weighted by atomic mass is 9.46. The van der Waals surface area contributed by atoms with Crippen LogP contribution in [0.3, 0.4) is 0 Å². The van der Waals surface area contributed by atoms with Crippen LogP contribution in [0.15, 0.2) is 102 Å². The molecule has 1 amide bonds. The van der Waals surface area contributed by atoms with Gasteiger partial charge in [-0.1, -0.05) is 86.2 Å². The quantitative estimate of drug-likeness (QED) is 0.0556. The summed E-state index contributed by atoms with van der Waals surface area (Å²) in [5.74, 6) is -7.73. The molecule has 2 fully saturated rings. The van der Waals surface area contributed by atoms with Crippen LogP contribution in [0.4, 0.5) is 0 Å². The number of aliphatic hydroxyl groups excluding tert-OH is 2. The normalized spacial score (nSPS) is 30.0. The van der Waals surface area contributed by atoms with Gasteiger partial charge in [0.15, 0.2) is 17.7 Å². The molecule has 15 heteroatoms. The fourth-order valence-corrected chi connectivity index (χ4v) is 9.90. The first-order valence-electron chi connectivity index (χ1n) is 20.5. The minimum absolute atomic E-state index is 0.0410. The van der Waals surface area contributed by atoms with Crippen LogP contribution in [0, 0.1) is 22.7 Å². The summed E-state index contributed by atoms with van der Waals surface area (Å²) in [5, 5.41) is 50.4. The van der Waals surface area contributed by atoms with Crippen molar-refractivity contribution in [3.8, 4) is 0 Å². The van der Waals surface area contributed by atoms with Crippen molar-refractivity contribution in [1.82, 2.24) is 5.32 Å². The summed E-state index contributed by atoms with van der Waals surface area (Å²) in [6.45, 7) is 8.19. The van der Waals surface area contributed by atoms with Crippen LogP contribution in [0.25, 0.3) is 0 Å². The standard InChI is InChI=1S/C47H53NO14/c1-25-31(22-32(51)38(53)37(28-16-10-7-11-17-28)48-43(55)29-18-12-8-13-19-29)24-47(57)42(61-44(56)30-20-14-9-15-21-30)36-39(59-26(2)49)33(62-58)23-34(52)46(36,6)41(54)40(60-27(3)50)35(25)45(47,4)5/h7-21,31,33-34,36-40,42,52-53,57-58H,22-24H2,1-6H3,(H,48,55)/t31?,33-,34+,36?,37+,38?,39+,40-,42+,46-,47-/m1/s1. The molecule has 3 aliphatic rings. The number of ether oxygens (including phenoxy) is 3. The molecule has 0 aromatic heterocycles. The number of hydrogen-bond donors (Lipinski definition) is 5. The van der Waals surface area contributed by atoms with Crippen molar-refractivity contribution in [2.75, 3.05) is 0 Å². The molecular formula is C47H53NO14. The van der Waals surface area contributed by atoms with E-state index in [0.29, 0.717) is 11.1 Å². The minimum Gasteiger partial charge on any atom is -0.459 e. The van der Waals surface area contributed by atoms with Gasteiger partial charge in [-0.25, -0.2) is 9.68 Å². The zero-order chi connectivity index (χ0) is 45.3. The molecule has 330 valence electrons. The number of aliphatic hydroxyl groups is 3. The van der Waals surface area contributed by atoms with Gasteiger partial charge in [0.25, 0.3) is 5.91 Å². The summed E-state index contributed by atoms with van der Waals surface area (Å²) in [4.78, 5) is 88.0. The number of allylic oxidation sites excluding steroid dienone is 1. The molecule has 3 aromatic rings. The number of carbonyl (C=O) groups excluding carboxylic acids is 6. The van der Waals surface area contributed by atoms with Gasteiger partial charge < -0.3 is 34.8 Å². The summed E-state index contributed by atoms with van der Waals surface area (Å²) in [7, 11) is 0. The van der Waals surface area contributed by atoms with Gasteiger partial charge in [-0.15, -0.1) is 0 Å². The van der Waals surface area contributed by atoms with Crippen molar-refractivity contribution >= 4 is 35.4 Å². The third-order valence-corrected chi connectivity index (χ3v) is 13.3. The van der Waals surface area contributed by atoms with E-state index in [2.05, 4.69) is 5.32 Å². The highest BCUT2D eigenvalue weighted by molar-refractivity contribution is 5.96. The van der Waals surface area contributed by atoms with Gasteiger partial charge in [-0.2, -0.15) is 0 Å². The lowest BCUT2D eigenvalue weighted by molar-refractivity contribution is -0.333. The van der Waals surface area contributed by atoms with E-state index in [0.717, 1.165) is 13.8 Å². The maximum Gasteiger partial charge on any atom is 0.338 e. The number of carbonyl (C=O) groups is 6. The van der Waals surface area contributed by atoms with E-state index in [1.54, 1.807) is 99.6 Å². The number of nitrogens with one attached hydrogen (secondary N) is 1. The highest BCUT2D eigenvalue weighted by Crippen LogP contribution is 2.61. The van der Waals surface area contributed by atoms with Crippen LogP contribution < -0.4 is 5.32 Å². The summed E-state index contributed by atoms with van der Waals surface area (Å²) < 4.78 is 17.9. The van der Waals surface area contributed by atoms with Crippen molar-refractivity contribution in [3.63, 3.8) is 0 Å². The molecular weight excluding hydrogens is 803 g/mol. The van der Waals surface area contributed by atoms with Crippen LogP contribution >= 0.6 is 0 Å². The highest BCUT2D eigenvalue weighted by atomic mass is 17.1. The second kappa shape index (κ2) is 18.0. The van der Waals surface area contributed by atoms with Gasteiger partial charge in [0, 0.05) is 37.7 Å². The number of rotatable bonds is 12. The van der Waals surface area contributed by atoms with Crippen LogP contribution in [0.2, 0.25) is 0 Å². The predicted molar refractivity (Wildman–Crippen MR) is 220 cm³/mol. The molecule has 5 N–H and O–H groups in total. The topological polar surface area (TPSA) is 232 Å². The third-order valence-electron chi connectivity index (χ3n) is 13.3. The molecule has 2 bridgehead atoms. The lowest BCUT2D eigenvalue weighted by Gasteiger charge is -2.62. The molecule has 11 atom stereocenters. The van der Waals surface area contributed by atoms with E-state index in [4.69, 9.17) is 19.1 Å². The molecule has 15 nitrogen and oxygen atoms in total. The van der Waals surface area contributed by atoms with E-state index in [-0.39, 0.29) is 16.7 Å². The second-order valence-electron chi connectivity index (χ2n) is 17.2. The average Bonchev–Trinajstić information content (AvgIpc) is 3.24. The van der Waals surface area contributed by atoms with E-state index >= 15 is 4.79 Å². The molecule has 3 aromatic carbocycles. The molecule has 2 saturated carbocycles. The number of hydrogen-bond acceptors (Lipinski definition) is 14. The molecule has 3 aliphatic carbocycles. The average molecular weight is 856 g/mol. The molecule has 3 unspecified atom stereocenters. The molecule has 0 aliphatic heterocycles. The number of Topliss-reactive ketones (excluding diaryl/α,β-unsaturated/α-hetero) is 2. The Morgan fingerprint density at radius 1 is 0.823 bits per heavy atom. The first-order chi connectivity index (χ1) is 29.3. The molecule has 0 spiro atoms. The molecule has 0 heterocycles. The number of fused-ring (bicyclic) bond motifs is 3. The molecule has 0 radical (unpaired) electrons. The van der Waals surface area contributed by atoms with Gasteiger partial charge >= 0.3 is 17.9 Å². The number of esters is 3. The van der Waals surface area contributed by atoms with E-state index in [1.807, 2.05) is 0 Å². The van der Waals surface area contributed by atoms with Crippen LogP contribution in [0.1, 0.15) is 93.1 Å². The fourth-order valence-electron chi connectivity index (χ4n) is 9.90. The largest absolute Gasteiger partial charge is 0.459 e. The lowest BCUT2D eigenvalue weighted by Crippen LogP contribution is -2.74. The zero-order valence-electron chi connectivity index (χ0n) is 35.3. The fraction of sp³-hybridized carbons (Fsp3) is 0.447. The van der Waals surface area contributed by atoms with E-state index < -0.39 is 126 Å². The Bertz CT molecular complexity index is 2210. The molecule has 6 rings (SSSR count). The van der Waals surface area contributed by atoms with Gasteiger partial charge in [0.2, 0.25) is 0 Å². The summed E-state index contributed by atoms with van der Waals surface area (Å²) in [6.07, 6.45) is -11.8. The molecule has 0 saturated heterocycles. The smallest absolute Gasteiger partial charge is 0.338 e. The van der Waals surface area contributed by atoms with Crippen molar-refractivity contribution in [2.24, 2.45) is 22.7 Å². The van der Waals surface area contributed by atoms with Gasteiger partial charge in [0.1, 0.15) is 30.0 Å². The Hall–Kier alpha value is -5.58. The highest BCUT2D eigenvalue weighted by Gasteiger charge is 2.72.